The predicted molar refractivity (Wildman–Crippen MR) is 92.0 cm³/mol. The molecule has 2 aromatic rings. The Morgan fingerprint density at radius 1 is 1.31 bits per heavy atom. The minimum Gasteiger partial charge on any atom is -0.325 e. The number of hydrogen-bond acceptors (Lipinski definition) is 4. The molecule has 1 fully saturated rings. The smallest absolute Gasteiger partial charge is 0.262 e. The van der Waals surface area contributed by atoms with Crippen molar-refractivity contribution in [3.63, 3.8) is 0 Å². The normalized spacial score (nSPS) is 19.7. The van der Waals surface area contributed by atoms with Crippen molar-refractivity contribution < 1.29 is 18.4 Å². The molecular weight excluding hydrogens is 344 g/mol. The molecule has 3 rings (SSSR count). The van der Waals surface area contributed by atoms with Gasteiger partial charge < -0.3 is 10.6 Å². The van der Waals surface area contributed by atoms with Gasteiger partial charge in [0.25, 0.3) is 5.92 Å². The van der Waals surface area contributed by atoms with Crippen LogP contribution in [0.15, 0.2) is 42.7 Å². The topological polar surface area (TPSA) is 88.0 Å². The minimum absolute atomic E-state index is 0.269. The molecule has 0 aliphatic carbocycles. The van der Waals surface area contributed by atoms with Crippen molar-refractivity contribution in [1.29, 1.82) is 0 Å². The fraction of sp³-hybridized carbons (Fsp3) is 0.353. The summed E-state index contributed by atoms with van der Waals surface area (Å²) < 4.78 is 27.9. The molecule has 9 heteroatoms. The number of hydrogen-bond donors (Lipinski definition) is 3. The van der Waals surface area contributed by atoms with Crippen molar-refractivity contribution in [3.05, 3.63) is 42.7 Å². The lowest BCUT2D eigenvalue weighted by atomic mass is 10.1. The maximum atomic E-state index is 13.2. The number of anilines is 2. The Kier molecular flexibility index (Phi) is 4.99. The Balaban J connectivity index is 1.61. The van der Waals surface area contributed by atoms with Crippen molar-refractivity contribution in [2.24, 2.45) is 0 Å². The van der Waals surface area contributed by atoms with Gasteiger partial charge in [0, 0.05) is 30.2 Å². The molecule has 0 radical (unpaired) electrons. The van der Waals surface area contributed by atoms with E-state index in [9.17, 15) is 18.4 Å². The van der Waals surface area contributed by atoms with Crippen LogP contribution in [0.3, 0.4) is 0 Å². The fourth-order valence-corrected chi connectivity index (χ4v) is 2.68. The van der Waals surface area contributed by atoms with Gasteiger partial charge in [0.05, 0.1) is 12.6 Å². The SMILES string of the molecule is CC(C(=O)Nc1cccc(NC(=O)C2CC(F)(F)CN2)c1)n1cccn1. The summed E-state index contributed by atoms with van der Waals surface area (Å²) in [6.45, 7) is 1.20. The van der Waals surface area contributed by atoms with Gasteiger partial charge in [-0.15, -0.1) is 0 Å². The quantitative estimate of drug-likeness (QED) is 0.758. The summed E-state index contributed by atoms with van der Waals surface area (Å²) in [5.74, 6) is -3.68. The molecule has 1 saturated heterocycles. The Bertz CT molecular complexity index is 794. The molecule has 0 bridgehead atoms. The second-order valence-corrected chi connectivity index (χ2v) is 6.21. The highest BCUT2D eigenvalue weighted by Crippen LogP contribution is 2.26. The Hall–Kier alpha value is -2.81. The van der Waals surface area contributed by atoms with E-state index in [0.717, 1.165) is 0 Å². The van der Waals surface area contributed by atoms with E-state index in [2.05, 4.69) is 21.0 Å². The number of amides is 2. The number of halogens is 2. The number of aromatic nitrogens is 2. The molecule has 2 amide bonds. The molecule has 1 aliphatic heterocycles. The molecule has 0 saturated carbocycles. The average molecular weight is 363 g/mol. The summed E-state index contributed by atoms with van der Waals surface area (Å²) in [6.07, 6.45) is 2.74. The third kappa shape index (κ3) is 4.23. The van der Waals surface area contributed by atoms with Gasteiger partial charge in [0.1, 0.15) is 6.04 Å². The molecule has 0 spiro atoms. The second kappa shape index (κ2) is 7.20. The van der Waals surface area contributed by atoms with Crippen molar-refractivity contribution in [3.8, 4) is 0 Å². The van der Waals surface area contributed by atoms with Gasteiger partial charge in [-0.3, -0.25) is 19.6 Å². The summed E-state index contributed by atoms with van der Waals surface area (Å²) in [5, 5.41) is 11.9. The van der Waals surface area contributed by atoms with E-state index in [4.69, 9.17) is 0 Å². The molecule has 2 atom stereocenters. The molecular formula is C17H19F2N5O2. The van der Waals surface area contributed by atoms with E-state index in [1.165, 1.54) is 4.68 Å². The van der Waals surface area contributed by atoms with Gasteiger partial charge >= 0.3 is 0 Å². The molecule has 1 aliphatic rings. The van der Waals surface area contributed by atoms with Crippen LogP contribution in [0, 0.1) is 0 Å². The lowest BCUT2D eigenvalue weighted by molar-refractivity contribution is -0.119. The van der Waals surface area contributed by atoms with Gasteiger partial charge in [-0.1, -0.05) is 6.07 Å². The largest absolute Gasteiger partial charge is 0.325 e. The highest BCUT2D eigenvalue weighted by molar-refractivity contribution is 5.97. The predicted octanol–water partition coefficient (Wildman–Crippen LogP) is 2.02. The lowest BCUT2D eigenvalue weighted by Gasteiger charge is -2.14. The third-order valence-electron chi connectivity index (χ3n) is 4.13. The van der Waals surface area contributed by atoms with Crippen LogP contribution in [0.1, 0.15) is 19.4 Å². The second-order valence-electron chi connectivity index (χ2n) is 6.21. The van der Waals surface area contributed by atoms with Crippen LogP contribution >= 0.6 is 0 Å². The number of alkyl halides is 2. The number of nitrogens with one attached hydrogen (secondary N) is 3. The van der Waals surface area contributed by atoms with E-state index in [1.807, 2.05) is 0 Å². The van der Waals surface area contributed by atoms with Gasteiger partial charge in [0.15, 0.2) is 0 Å². The van der Waals surface area contributed by atoms with Crippen LogP contribution in [0.2, 0.25) is 0 Å². The first-order valence-corrected chi connectivity index (χ1v) is 8.16. The molecule has 7 nitrogen and oxygen atoms in total. The zero-order valence-corrected chi connectivity index (χ0v) is 14.1. The monoisotopic (exact) mass is 363 g/mol. The van der Waals surface area contributed by atoms with Crippen LogP contribution in [0.4, 0.5) is 20.2 Å². The summed E-state index contributed by atoms with van der Waals surface area (Å²) in [7, 11) is 0. The van der Waals surface area contributed by atoms with Gasteiger partial charge in [-0.05, 0) is 31.2 Å². The van der Waals surface area contributed by atoms with E-state index in [-0.39, 0.29) is 5.91 Å². The number of benzene rings is 1. The van der Waals surface area contributed by atoms with Crippen molar-refractivity contribution in [2.45, 2.75) is 31.4 Å². The molecule has 138 valence electrons. The van der Waals surface area contributed by atoms with E-state index < -0.39 is 36.9 Å². The molecule has 3 N–H and O–H groups in total. The zero-order valence-electron chi connectivity index (χ0n) is 14.1. The molecule has 26 heavy (non-hydrogen) atoms. The molecule has 1 aromatic carbocycles. The average Bonchev–Trinajstić information content (AvgIpc) is 3.24. The Labute approximate surface area is 148 Å². The minimum atomic E-state index is -2.87. The van der Waals surface area contributed by atoms with E-state index in [1.54, 1.807) is 49.6 Å². The zero-order chi connectivity index (χ0) is 18.7. The number of nitrogens with zero attached hydrogens (tertiary/aromatic N) is 2. The maximum absolute atomic E-state index is 13.2. The Morgan fingerprint density at radius 3 is 2.65 bits per heavy atom. The Morgan fingerprint density at radius 2 is 2.04 bits per heavy atom. The lowest BCUT2D eigenvalue weighted by Crippen LogP contribution is -2.35. The maximum Gasteiger partial charge on any atom is 0.262 e. The van der Waals surface area contributed by atoms with E-state index >= 15 is 0 Å². The number of carbonyl (C=O) groups is 2. The number of rotatable bonds is 5. The van der Waals surface area contributed by atoms with Crippen LogP contribution in [-0.2, 0) is 9.59 Å². The highest BCUT2D eigenvalue weighted by atomic mass is 19.3. The third-order valence-corrected chi connectivity index (χ3v) is 4.13. The van der Waals surface area contributed by atoms with Crippen molar-refractivity contribution >= 4 is 23.2 Å². The van der Waals surface area contributed by atoms with Gasteiger partial charge in [0.2, 0.25) is 11.8 Å². The van der Waals surface area contributed by atoms with Crippen LogP contribution in [-0.4, -0.2) is 40.1 Å². The van der Waals surface area contributed by atoms with E-state index in [0.29, 0.717) is 11.4 Å². The first-order chi connectivity index (χ1) is 12.3. The summed E-state index contributed by atoms with van der Waals surface area (Å²) in [5.41, 5.74) is 0.896. The van der Waals surface area contributed by atoms with Crippen LogP contribution in [0.5, 0.6) is 0 Å². The number of carbonyl (C=O) groups excluding carboxylic acids is 2. The van der Waals surface area contributed by atoms with Gasteiger partial charge in [-0.25, -0.2) is 8.78 Å². The fourth-order valence-electron chi connectivity index (χ4n) is 2.68. The molecule has 2 unspecified atom stereocenters. The summed E-state index contributed by atoms with van der Waals surface area (Å²) >= 11 is 0. The standard InChI is InChI=1S/C17H19F2N5O2/c1-11(24-7-3-6-21-24)15(25)22-12-4-2-5-13(8-12)23-16(26)14-9-17(18,19)10-20-14/h2-8,11,14,20H,9-10H2,1H3,(H,22,25)(H,23,26). The summed E-state index contributed by atoms with van der Waals surface area (Å²) in [6, 6.07) is 6.79. The first-order valence-electron chi connectivity index (χ1n) is 8.16. The molecule has 2 heterocycles. The van der Waals surface area contributed by atoms with Gasteiger partial charge in [-0.2, -0.15) is 5.10 Å². The summed E-state index contributed by atoms with van der Waals surface area (Å²) in [4.78, 5) is 24.4. The van der Waals surface area contributed by atoms with Crippen molar-refractivity contribution in [1.82, 2.24) is 15.1 Å². The molecule has 1 aromatic heterocycles. The van der Waals surface area contributed by atoms with Crippen LogP contribution < -0.4 is 16.0 Å². The van der Waals surface area contributed by atoms with Crippen LogP contribution in [0.25, 0.3) is 0 Å². The van der Waals surface area contributed by atoms with Crippen molar-refractivity contribution in [2.75, 3.05) is 17.2 Å². The highest BCUT2D eigenvalue weighted by Gasteiger charge is 2.42. The first kappa shape index (κ1) is 18.0.